The van der Waals surface area contributed by atoms with Crippen LogP contribution in [0.15, 0.2) is 0 Å². The quantitative estimate of drug-likeness (QED) is 0.816. The summed E-state index contributed by atoms with van der Waals surface area (Å²) in [7, 11) is 0. The molecule has 0 aromatic rings. The second-order valence-electron chi connectivity index (χ2n) is 6.83. The van der Waals surface area contributed by atoms with Gasteiger partial charge in [0.25, 0.3) is 0 Å². The molecule has 0 bridgehead atoms. The van der Waals surface area contributed by atoms with Crippen LogP contribution in [0, 0.1) is 17.8 Å². The van der Waals surface area contributed by atoms with E-state index in [-0.39, 0.29) is 23.8 Å². The molecule has 5 heteroatoms. The molecule has 2 aliphatic rings. The Labute approximate surface area is 127 Å². The molecule has 1 saturated carbocycles. The third-order valence-electron chi connectivity index (χ3n) is 5.12. The van der Waals surface area contributed by atoms with Gasteiger partial charge in [0.05, 0.1) is 0 Å². The van der Waals surface area contributed by atoms with E-state index in [0.717, 1.165) is 38.8 Å². The zero-order valence-electron chi connectivity index (χ0n) is 13.3. The van der Waals surface area contributed by atoms with Gasteiger partial charge in [0, 0.05) is 38.0 Å². The van der Waals surface area contributed by atoms with Crippen molar-refractivity contribution in [2.75, 3.05) is 19.6 Å². The van der Waals surface area contributed by atoms with Crippen molar-refractivity contribution in [1.82, 2.24) is 10.2 Å². The minimum atomic E-state index is -0.00177. The Morgan fingerprint density at radius 1 is 1.14 bits per heavy atom. The number of hydrogen-bond acceptors (Lipinski definition) is 3. The molecule has 1 aliphatic heterocycles. The molecule has 0 aromatic heterocycles. The maximum Gasteiger partial charge on any atom is 0.224 e. The van der Waals surface area contributed by atoms with Gasteiger partial charge >= 0.3 is 0 Å². The van der Waals surface area contributed by atoms with Crippen LogP contribution in [0.2, 0.25) is 0 Å². The van der Waals surface area contributed by atoms with E-state index in [2.05, 4.69) is 19.2 Å². The summed E-state index contributed by atoms with van der Waals surface area (Å²) in [5, 5.41) is 2.93. The molecule has 120 valence electrons. The molecule has 21 heavy (non-hydrogen) atoms. The fourth-order valence-electron chi connectivity index (χ4n) is 3.60. The first-order valence-corrected chi connectivity index (χ1v) is 8.30. The summed E-state index contributed by atoms with van der Waals surface area (Å²) in [6, 6.07) is 0.114. The van der Waals surface area contributed by atoms with Crippen molar-refractivity contribution in [1.29, 1.82) is 0 Å². The van der Waals surface area contributed by atoms with Gasteiger partial charge in [-0.2, -0.15) is 0 Å². The molecule has 1 saturated heterocycles. The Bertz CT molecular complexity index is 380. The normalized spacial score (nSPS) is 33.0. The molecule has 4 atom stereocenters. The molecule has 0 radical (unpaired) electrons. The highest BCUT2D eigenvalue weighted by molar-refractivity contribution is 5.81. The van der Waals surface area contributed by atoms with Crippen molar-refractivity contribution in [3.8, 4) is 0 Å². The molecule has 1 aliphatic carbocycles. The van der Waals surface area contributed by atoms with E-state index in [9.17, 15) is 9.59 Å². The molecule has 5 nitrogen and oxygen atoms in total. The Morgan fingerprint density at radius 2 is 1.81 bits per heavy atom. The van der Waals surface area contributed by atoms with Crippen molar-refractivity contribution < 1.29 is 9.59 Å². The summed E-state index contributed by atoms with van der Waals surface area (Å²) < 4.78 is 0. The van der Waals surface area contributed by atoms with E-state index < -0.39 is 0 Å². The summed E-state index contributed by atoms with van der Waals surface area (Å²) in [6.07, 6.45) is 4.39. The zero-order chi connectivity index (χ0) is 15.4. The summed E-state index contributed by atoms with van der Waals surface area (Å²) >= 11 is 0. The van der Waals surface area contributed by atoms with E-state index in [1.54, 1.807) is 0 Å². The number of nitrogens with one attached hydrogen (secondary N) is 1. The van der Waals surface area contributed by atoms with Gasteiger partial charge in [0.2, 0.25) is 11.8 Å². The maximum absolute atomic E-state index is 12.3. The van der Waals surface area contributed by atoms with Crippen LogP contribution in [0.3, 0.4) is 0 Å². The van der Waals surface area contributed by atoms with E-state index in [0.29, 0.717) is 24.8 Å². The standard InChI is InChI=1S/C16H29N3O2/c1-11-9-12(2)14(17)10-13(11)16(21)18-6-5-15(20)19-7-3-4-8-19/h11-14H,3-10,17H2,1-2H3,(H,18,21). The molecule has 2 fully saturated rings. The number of carbonyl (C=O) groups is 2. The Balaban J connectivity index is 1.72. The van der Waals surface area contributed by atoms with E-state index in [1.165, 1.54) is 0 Å². The summed E-state index contributed by atoms with van der Waals surface area (Å²) in [5.41, 5.74) is 6.09. The number of nitrogens with two attached hydrogens (primary N) is 1. The molecule has 3 N–H and O–H groups in total. The topological polar surface area (TPSA) is 75.4 Å². The van der Waals surface area contributed by atoms with Crippen molar-refractivity contribution in [3.63, 3.8) is 0 Å². The number of carbonyl (C=O) groups excluding carboxylic acids is 2. The minimum Gasteiger partial charge on any atom is -0.355 e. The monoisotopic (exact) mass is 295 g/mol. The lowest BCUT2D eigenvalue weighted by atomic mass is 9.72. The molecule has 1 heterocycles. The van der Waals surface area contributed by atoms with Crippen LogP contribution >= 0.6 is 0 Å². The Hall–Kier alpha value is -1.10. The second kappa shape index (κ2) is 7.25. The van der Waals surface area contributed by atoms with Crippen LogP contribution in [-0.4, -0.2) is 42.4 Å². The predicted octanol–water partition coefficient (Wildman–Crippen LogP) is 1.12. The van der Waals surface area contributed by atoms with Crippen molar-refractivity contribution >= 4 is 11.8 Å². The molecule has 2 amide bonds. The van der Waals surface area contributed by atoms with Gasteiger partial charge in [-0.1, -0.05) is 13.8 Å². The lowest BCUT2D eigenvalue weighted by molar-refractivity contribution is -0.130. The highest BCUT2D eigenvalue weighted by Crippen LogP contribution is 2.32. The number of hydrogen-bond donors (Lipinski definition) is 2. The van der Waals surface area contributed by atoms with Crippen LogP contribution in [0.1, 0.15) is 46.0 Å². The van der Waals surface area contributed by atoms with Crippen LogP contribution in [0.4, 0.5) is 0 Å². The zero-order valence-corrected chi connectivity index (χ0v) is 13.3. The highest BCUT2D eigenvalue weighted by atomic mass is 16.2. The predicted molar refractivity (Wildman–Crippen MR) is 82.5 cm³/mol. The van der Waals surface area contributed by atoms with Gasteiger partial charge < -0.3 is 16.0 Å². The van der Waals surface area contributed by atoms with Crippen LogP contribution in [0.25, 0.3) is 0 Å². The fourth-order valence-corrected chi connectivity index (χ4v) is 3.60. The number of amides is 2. The van der Waals surface area contributed by atoms with Gasteiger partial charge in [0.1, 0.15) is 0 Å². The van der Waals surface area contributed by atoms with Crippen LogP contribution < -0.4 is 11.1 Å². The second-order valence-corrected chi connectivity index (χ2v) is 6.83. The third-order valence-corrected chi connectivity index (χ3v) is 5.12. The first-order valence-electron chi connectivity index (χ1n) is 8.30. The van der Waals surface area contributed by atoms with E-state index >= 15 is 0 Å². The molecular weight excluding hydrogens is 266 g/mol. The lowest BCUT2D eigenvalue weighted by Gasteiger charge is -2.36. The molecular formula is C16H29N3O2. The van der Waals surface area contributed by atoms with Crippen LogP contribution in [-0.2, 0) is 9.59 Å². The molecule has 0 spiro atoms. The van der Waals surface area contributed by atoms with Crippen molar-refractivity contribution in [2.45, 2.75) is 52.0 Å². The van der Waals surface area contributed by atoms with Gasteiger partial charge in [-0.05, 0) is 37.5 Å². The Kier molecular flexibility index (Phi) is 5.62. The van der Waals surface area contributed by atoms with Crippen LogP contribution in [0.5, 0.6) is 0 Å². The maximum atomic E-state index is 12.3. The first kappa shape index (κ1) is 16.3. The fraction of sp³-hybridized carbons (Fsp3) is 0.875. The smallest absolute Gasteiger partial charge is 0.224 e. The van der Waals surface area contributed by atoms with E-state index in [4.69, 9.17) is 5.73 Å². The van der Waals surface area contributed by atoms with E-state index in [1.807, 2.05) is 4.90 Å². The highest BCUT2D eigenvalue weighted by Gasteiger charge is 2.34. The van der Waals surface area contributed by atoms with Crippen molar-refractivity contribution in [3.05, 3.63) is 0 Å². The molecule has 0 aromatic carbocycles. The van der Waals surface area contributed by atoms with Gasteiger partial charge in [-0.3, -0.25) is 9.59 Å². The number of nitrogens with zero attached hydrogens (tertiary/aromatic N) is 1. The summed E-state index contributed by atoms with van der Waals surface area (Å²) in [6.45, 7) is 6.48. The van der Waals surface area contributed by atoms with Gasteiger partial charge in [0.15, 0.2) is 0 Å². The lowest BCUT2D eigenvalue weighted by Crippen LogP contribution is -2.45. The summed E-state index contributed by atoms with van der Waals surface area (Å²) in [5.74, 6) is 1.09. The minimum absolute atomic E-state index is 0.00177. The third kappa shape index (κ3) is 4.19. The average molecular weight is 295 g/mol. The van der Waals surface area contributed by atoms with Crippen molar-refractivity contribution in [2.24, 2.45) is 23.5 Å². The molecule has 2 rings (SSSR count). The molecule has 4 unspecified atom stereocenters. The number of rotatable bonds is 4. The summed E-state index contributed by atoms with van der Waals surface area (Å²) in [4.78, 5) is 26.1. The Morgan fingerprint density at radius 3 is 2.48 bits per heavy atom. The van der Waals surface area contributed by atoms with Gasteiger partial charge in [-0.25, -0.2) is 0 Å². The SMILES string of the molecule is CC1CC(C)C(C(=O)NCCC(=O)N2CCCC2)CC1N. The number of likely N-dealkylation sites (tertiary alicyclic amines) is 1. The van der Waals surface area contributed by atoms with Gasteiger partial charge in [-0.15, -0.1) is 0 Å². The first-order chi connectivity index (χ1) is 9.99. The average Bonchev–Trinajstić information content (AvgIpc) is 2.96. The largest absolute Gasteiger partial charge is 0.355 e.